The summed E-state index contributed by atoms with van der Waals surface area (Å²) in [4.78, 5) is 13.9. The molecule has 0 saturated heterocycles. The van der Waals surface area contributed by atoms with E-state index in [1.54, 1.807) is 14.0 Å². The summed E-state index contributed by atoms with van der Waals surface area (Å²) in [6, 6.07) is 7.38. The van der Waals surface area contributed by atoms with Gasteiger partial charge in [-0.2, -0.15) is 9.90 Å². The number of aromatic nitrogens is 3. The SMILES string of the molecule is COCCOc1ccc(-n2nc(C)c(C(=O)NCC3=CCNCC3)n2)cc1.Cl. The molecule has 2 N–H and O–H groups in total. The zero-order chi connectivity index (χ0) is 19.1. The number of benzene rings is 1. The molecule has 2 aromatic rings. The molecular weight excluding hydrogens is 382 g/mol. The lowest BCUT2D eigenvalue weighted by Crippen LogP contribution is -2.30. The van der Waals surface area contributed by atoms with Crippen molar-refractivity contribution in [3.63, 3.8) is 0 Å². The Morgan fingerprint density at radius 3 is 2.71 bits per heavy atom. The number of aryl methyl sites for hydroxylation is 1. The molecule has 1 aromatic heterocycles. The van der Waals surface area contributed by atoms with Crippen LogP contribution in [0.3, 0.4) is 0 Å². The van der Waals surface area contributed by atoms with E-state index in [0.29, 0.717) is 31.1 Å². The lowest BCUT2D eigenvalue weighted by Gasteiger charge is -2.14. The molecule has 0 radical (unpaired) electrons. The third-order valence-electron chi connectivity index (χ3n) is 4.26. The number of hydrogen-bond acceptors (Lipinski definition) is 6. The monoisotopic (exact) mass is 407 g/mol. The summed E-state index contributed by atoms with van der Waals surface area (Å²) in [6.45, 7) is 5.15. The van der Waals surface area contributed by atoms with Crippen LogP contribution in [0.15, 0.2) is 35.9 Å². The molecule has 0 fully saturated rings. The molecule has 28 heavy (non-hydrogen) atoms. The van der Waals surface area contributed by atoms with Crippen LogP contribution in [-0.4, -0.2) is 60.9 Å². The first-order chi connectivity index (χ1) is 13.2. The predicted molar refractivity (Wildman–Crippen MR) is 109 cm³/mol. The first-order valence-corrected chi connectivity index (χ1v) is 9.00. The maximum absolute atomic E-state index is 12.5. The number of amides is 1. The van der Waals surface area contributed by atoms with Gasteiger partial charge in [-0.1, -0.05) is 11.6 Å². The van der Waals surface area contributed by atoms with Gasteiger partial charge in [0, 0.05) is 20.2 Å². The molecule has 1 aliphatic heterocycles. The van der Waals surface area contributed by atoms with Crippen molar-refractivity contribution in [3.05, 3.63) is 47.3 Å². The van der Waals surface area contributed by atoms with Gasteiger partial charge in [-0.15, -0.1) is 17.5 Å². The molecule has 0 saturated carbocycles. The standard InChI is InChI=1S/C19H25N5O3.ClH/c1-14-18(19(25)21-13-15-7-9-20-10-8-15)23-24(22-14)16-3-5-17(6-4-16)27-12-11-26-2;/h3-7,20H,8-13H2,1-2H3,(H,21,25);1H. The molecule has 152 valence electrons. The Morgan fingerprint density at radius 1 is 1.25 bits per heavy atom. The topological polar surface area (TPSA) is 90.3 Å². The number of nitrogens with one attached hydrogen (secondary N) is 2. The smallest absolute Gasteiger partial charge is 0.274 e. The Bertz CT molecular complexity index is 804. The first-order valence-electron chi connectivity index (χ1n) is 9.00. The van der Waals surface area contributed by atoms with Crippen LogP contribution in [0.25, 0.3) is 5.69 Å². The first kappa shape index (κ1) is 21.9. The van der Waals surface area contributed by atoms with Crippen molar-refractivity contribution in [3.8, 4) is 11.4 Å². The zero-order valence-corrected chi connectivity index (χ0v) is 16.9. The molecule has 0 unspecified atom stereocenters. The number of methoxy groups -OCH3 is 1. The fourth-order valence-electron chi connectivity index (χ4n) is 2.73. The van der Waals surface area contributed by atoms with Gasteiger partial charge in [-0.25, -0.2) is 0 Å². The second-order valence-corrected chi connectivity index (χ2v) is 6.26. The number of nitrogens with zero attached hydrogens (tertiary/aromatic N) is 3. The number of hydrogen-bond donors (Lipinski definition) is 2. The van der Waals surface area contributed by atoms with E-state index in [1.807, 2.05) is 24.3 Å². The molecule has 9 heteroatoms. The Hall–Kier alpha value is -2.42. The van der Waals surface area contributed by atoms with Crippen LogP contribution in [0.4, 0.5) is 0 Å². The molecule has 3 rings (SSSR count). The van der Waals surface area contributed by atoms with E-state index in [4.69, 9.17) is 9.47 Å². The van der Waals surface area contributed by atoms with Crippen molar-refractivity contribution < 1.29 is 14.3 Å². The highest BCUT2D eigenvalue weighted by atomic mass is 35.5. The number of carbonyl (C=O) groups is 1. The van der Waals surface area contributed by atoms with Crippen molar-refractivity contribution in [1.82, 2.24) is 25.6 Å². The molecule has 0 atom stereocenters. The highest BCUT2D eigenvalue weighted by Crippen LogP contribution is 2.15. The van der Waals surface area contributed by atoms with Crippen LogP contribution in [-0.2, 0) is 4.74 Å². The summed E-state index contributed by atoms with van der Waals surface area (Å²) >= 11 is 0. The molecule has 2 heterocycles. The van der Waals surface area contributed by atoms with Gasteiger partial charge in [0.25, 0.3) is 5.91 Å². The summed E-state index contributed by atoms with van der Waals surface area (Å²) in [5.74, 6) is 0.533. The van der Waals surface area contributed by atoms with E-state index in [0.717, 1.165) is 30.9 Å². The average molecular weight is 408 g/mol. The minimum atomic E-state index is -0.210. The van der Waals surface area contributed by atoms with Gasteiger partial charge < -0.3 is 20.1 Å². The van der Waals surface area contributed by atoms with E-state index >= 15 is 0 Å². The summed E-state index contributed by atoms with van der Waals surface area (Å²) < 4.78 is 10.5. The van der Waals surface area contributed by atoms with Gasteiger partial charge in [0.1, 0.15) is 12.4 Å². The molecule has 1 amide bonds. The van der Waals surface area contributed by atoms with Gasteiger partial charge in [0.2, 0.25) is 0 Å². The molecule has 0 aliphatic carbocycles. The van der Waals surface area contributed by atoms with Crippen molar-refractivity contribution in [2.75, 3.05) is 40.0 Å². The number of rotatable bonds is 8. The fraction of sp³-hybridized carbons (Fsp3) is 0.421. The van der Waals surface area contributed by atoms with E-state index in [2.05, 4.69) is 26.9 Å². The molecule has 8 nitrogen and oxygen atoms in total. The number of carbonyl (C=O) groups excluding carboxylic acids is 1. The van der Waals surface area contributed by atoms with E-state index in [-0.39, 0.29) is 18.3 Å². The number of ether oxygens (including phenoxy) is 2. The number of halogens is 1. The highest BCUT2D eigenvalue weighted by Gasteiger charge is 2.16. The van der Waals surface area contributed by atoms with Gasteiger partial charge in [0.15, 0.2) is 5.69 Å². The zero-order valence-electron chi connectivity index (χ0n) is 16.1. The maximum atomic E-state index is 12.5. The molecule has 0 bridgehead atoms. The molecule has 1 aliphatic rings. The second-order valence-electron chi connectivity index (χ2n) is 6.26. The minimum Gasteiger partial charge on any atom is -0.491 e. The van der Waals surface area contributed by atoms with E-state index in [9.17, 15) is 4.79 Å². The minimum absolute atomic E-state index is 0. The van der Waals surface area contributed by atoms with E-state index in [1.165, 1.54) is 10.4 Å². The van der Waals surface area contributed by atoms with Gasteiger partial charge in [-0.3, -0.25) is 4.79 Å². The Labute approximate surface area is 170 Å². The third-order valence-corrected chi connectivity index (χ3v) is 4.26. The Kier molecular flexibility index (Phi) is 8.43. The maximum Gasteiger partial charge on any atom is 0.274 e. The predicted octanol–water partition coefficient (Wildman–Crippen LogP) is 1.67. The Balaban J connectivity index is 0.00000280. The van der Waals surface area contributed by atoms with Crippen LogP contribution >= 0.6 is 12.4 Å². The largest absolute Gasteiger partial charge is 0.491 e. The van der Waals surface area contributed by atoms with Crippen LogP contribution in [0.5, 0.6) is 5.75 Å². The molecule has 0 spiro atoms. The quantitative estimate of drug-likeness (QED) is 0.511. The van der Waals surface area contributed by atoms with Crippen molar-refractivity contribution in [2.24, 2.45) is 0 Å². The van der Waals surface area contributed by atoms with Crippen LogP contribution in [0.2, 0.25) is 0 Å². The third kappa shape index (κ3) is 5.79. The summed E-state index contributed by atoms with van der Waals surface area (Å²) in [7, 11) is 1.63. The van der Waals surface area contributed by atoms with Crippen LogP contribution < -0.4 is 15.4 Å². The van der Waals surface area contributed by atoms with E-state index < -0.39 is 0 Å². The lowest BCUT2D eigenvalue weighted by atomic mass is 10.1. The average Bonchev–Trinajstić information content (AvgIpc) is 3.09. The molecular formula is C19H26ClN5O3. The van der Waals surface area contributed by atoms with Gasteiger partial charge in [-0.05, 0) is 44.2 Å². The van der Waals surface area contributed by atoms with Crippen molar-refractivity contribution >= 4 is 18.3 Å². The summed E-state index contributed by atoms with van der Waals surface area (Å²) in [5.41, 5.74) is 2.92. The van der Waals surface area contributed by atoms with Gasteiger partial charge in [0.05, 0.1) is 18.0 Å². The second kappa shape index (κ2) is 10.8. The fourth-order valence-corrected chi connectivity index (χ4v) is 2.73. The van der Waals surface area contributed by atoms with Gasteiger partial charge >= 0.3 is 0 Å². The molecule has 1 aromatic carbocycles. The van der Waals surface area contributed by atoms with Crippen LogP contribution in [0.1, 0.15) is 22.6 Å². The van der Waals surface area contributed by atoms with Crippen LogP contribution in [0, 0.1) is 6.92 Å². The van der Waals surface area contributed by atoms with Crippen molar-refractivity contribution in [2.45, 2.75) is 13.3 Å². The lowest BCUT2D eigenvalue weighted by molar-refractivity contribution is 0.0950. The summed E-state index contributed by atoms with van der Waals surface area (Å²) in [6.07, 6.45) is 3.06. The highest BCUT2D eigenvalue weighted by molar-refractivity contribution is 5.93. The Morgan fingerprint density at radius 2 is 2.04 bits per heavy atom. The normalized spacial score (nSPS) is 13.4. The van der Waals surface area contributed by atoms with Crippen molar-refractivity contribution in [1.29, 1.82) is 0 Å². The summed E-state index contributed by atoms with van der Waals surface area (Å²) in [5, 5.41) is 14.9.